The SMILES string of the molecule is CC1CC[C@@H]2[C@H](C1)Nc1ccc(Cl)cc1C2(C)C. The van der Waals surface area contributed by atoms with E-state index in [1.807, 2.05) is 6.07 Å². The van der Waals surface area contributed by atoms with Gasteiger partial charge in [-0.05, 0) is 53.9 Å². The summed E-state index contributed by atoms with van der Waals surface area (Å²) >= 11 is 6.17. The lowest BCUT2D eigenvalue weighted by Crippen LogP contribution is -2.48. The molecule has 3 atom stereocenters. The van der Waals surface area contributed by atoms with Crippen molar-refractivity contribution in [3.05, 3.63) is 28.8 Å². The fourth-order valence-electron chi connectivity index (χ4n) is 3.98. The standard InChI is InChI=1S/C16H22ClN/c1-10-4-6-12-15(8-10)18-14-7-5-11(17)9-13(14)16(12,2)3/h5,7,9-10,12,15,18H,4,6,8H2,1-3H3/t10?,12-,15+/m1/s1. The molecular formula is C16H22ClN. The Labute approximate surface area is 115 Å². The Morgan fingerprint density at radius 1 is 1.28 bits per heavy atom. The van der Waals surface area contributed by atoms with Gasteiger partial charge in [-0.1, -0.05) is 38.8 Å². The average molecular weight is 264 g/mol. The van der Waals surface area contributed by atoms with E-state index in [4.69, 9.17) is 11.6 Å². The predicted octanol–water partition coefficient (Wildman–Crippen LogP) is 4.85. The molecule has 1 saturated carbocycles. The highest BCUT2D eigenvalue weighted by Gasteiger charge is 2.44. The topological polar surface area (TPSA) is 12.0 Å². The van der Waals surface area contributed by atoms with E-state index in [-0.39, 0.29) is 5.41 Å². The van der Waals surface area contributed by atoms with Crippen molar-refractivity contribution >= 4 is 17.3 Å². The molecule has 1 aliphatic heterocycles. The Balaban J connectivity index is 2.04. The fraction of sp³-hybridized carbons (Fsp3) is 0.625. The Bertz CT molecular complexity index is 466. The van der Waals surface area contributed by atoms with Crippen LogP contribution in [-0.2, 0) is 5.41 Å². The van der Waals surface area contributed by atoms with Crippen LogP contribution in [0, 0.1) is 11.8 Å². The molecule has 0 radical (unpaired) electrons. The summed E-state index contributed by atoms with van der Waals surface area (Å²) in [4.78, 5) is 0. The van der Waals surface area contributed by atoms with E-state index in [0.29, 0.717) is 6.04 Å². The molecule has 0 amide bonds. The van der Waals surface area contributed by atoms with Gasteiger partial charge in [-0.25, -0.2) is 0 Å². The largest absolute Gasteiger partial charge is 0.382 e. The number of hydrogen-bond acceptors (Lipinski definition) is 1. The Morgan fingerprint density at radius 2 is 2.06 bits per heavy atom. The molecule has 1 heterocycles. The first-order valence-electron chi connectivity index (χ1n) is 7.05. The van der Waals surface area contributed by atoms with E-state index in [9.17, 15) is 0 Å². The third-order valence-corrected chi connectivity index (χ3v) is 5.29. The molecule has 0 saturated heterocycles. The van der Waals surface area contributed by atoms with Crippen molar-refractivity contribution in [1.29, 1.82) is 0 Å². The molecule has 1 aromatic carbocycles. The van der Waals surface area contributed by atoms with Crippen LogP contribution in [0.1, 0.15) is 45.6 Å². The van der Waals surface area contributed by atoms with Crippen LogP contribution in [0.2, 0.25) is 5.02 Å². The van der Waals surface area contributed by atoms with Gasteiger partial charge in [-0.15, -0.1) is 0 Å². The summed E-state index contributed by atoms with van der Waals surface area (Å²) in [6, 6.07) is 6.93. The molecule has 2 aliphatic rings. The minimum Gasteiger partial charge on any atom is -0.382 e. The van der Waals surface area contributed by atoms with Crippen LogP contribution in [0.3, 0.4) is 0 Å². The molecule has 0 bridgehead atoms. The molecule has 1 fully saturated rings. The van der Waals surface area contributed by atoms with Crippen molar-refractivity contribution in [2.75, 3.05) is 5.32 Å². The van der Waals surface area contributed by atoms with Crippen molar-refractivity contribution in [2.45, 2.75) is 51.5 Å². The van der Waals surface area contributed by atoms with E-state index in [1.54, 1.807) is 0 Å². The first-order chi connectivity index (χ1) is 8.48. The van der Waals surface area contributed by atoms with E-state index in [2.05, 4.69) is 38.2 Å². The minimum atomic E-state index is 0.232. The van der Waals surface area contributed by atoms with E-state index in [0.717, 1.165) is 16.9 Å². The molecule has 1 aromatic rings. The first kappa shape index (κ1) is 12.3. The van der Waals surface area contributed by atoms with Gasteiger partial charge in [-0.2, -0.15) is 0 Å². The zero-order valence-electron chi connectivity index (χ0n) is 11.5. The van der Waals surface area contributed by atoms with Crippen LogP contribution < -0.4 is 5.32 Å². The van der Waals surface area contributed by atoms with Crippen LogP contribution in [0.5, 0.6) is 0 Å². The number of benzene rings is 1. The predicted molar refractivity (Wildman–Crippen MR) is 78.4 cm³/mol. The zero-order valence-corrected chi connectivity index (χ0v) is 12.2. The lowest BCUT2D eigenvalue weighted by molar-refractivity contribution is 0.174. The zero-order chi connectivity index (χ0) is 12.9. The van der Waals surface area contributed by atoms with Gasteiger partial charge in [0.25, 0.3) is 0 Å². The van der Waals surface area contributed by atoms with Crippen molar-refractivity contribution in [3.63, 3.8) is 0 Å². The van der Waals surface area contributed by atoms with Gasteiger partial charge in [0.05, 0.1) is 0 Å². The number of nitrogens with one attached hydrogen (secondary N) is 1. The van der Waals surface area contributed by atoms with Crippen LogP contribution in [-0.4, -0.2) is 6.04 Å². The van der Waals surface area contributed by atoms with Crippen LogP contribution in [0.15, 0.2) is 18.2 Å². The molecule has 2 heteroatoms. The van der Waals surface area contributed by atoms with E-state index >= 15 is 0 Å². The van der Waals surface area contributed by atoms with Gasteiger partial charge in [-0.3, -0.25) is 0 Å². The summed E-state index contributed by atoms with van der Waals surface area (Å²) in [5, 5.41) is 4.61. The van der Waals surface area contributed by atoms with Gasteiger partial charge in [0.2, 0.25) is 0 Å². The highest BCUT2D eigenvalue weighted by molar-refractivity contribution is 6.30. The number of rotatable bonds is 0. The third kappa shape index (κ3) is 1.84. The number of anilines is 1. The summed E-state index contributed by atoms with van der Waals surface area (Å²) in [5.41, 5.74) is 2.92. The molecule has 98 valence electrons. The maximum Gasteiger partial charge on any atom is 0.0410 e. The van der Waals surface area contributed by atoms with Crippen molar-refractivity contribution in [2.24, 2.45) is 11.8 Å². The maximum absolute atomic E-state index is 6.17. The smallest absolute Gasteiger partial charge is 0.0410 e. The molecule has 18 heavy (non-hydrogen) atoms. The Morgan fingerprint density at radius 3 is 2.83 bits per heavy atom. The van der Waals surface area contributed by atoms with Crippen molar-refractivity contribution in [3.8, 4) is 0 Å². The molecule has 0 aromatic heterocycles. The number of hydrogen-bond donors (Lipinski definition) is 1. The Hall–Kier alpha value is -0.690. The fourth-order valence-corrected chi connectivity index (χ4v) is 4.15. The summed E-state index contributed by atoms with van der Waals surface area (Å²) in [5.74, 6) is 1.59. The molecule has 1 nitrogen and oxygen atoms in total. The van der Waals surface area contributed by atoms with Crippen molar-refractivity contribution < 1.29 is 0 Å². The molecule has 1 N–H and O–H groups in total. The first-order valence-corrected chi connectivity index (χ1v) is 7.43. The average Bonchev–Trinajstić information content (AvgIpc) is 2.30. The highest BCUT2D eigenvalue weighted by atomic mass is 35.5. The molecule has 1 aliphatic carbocycles. The van der Waals surface area contributed by atoms with Gasteiger partial charge in [0.1, 0.15) is 0 Å². The number of halogens is 1. The quantitative estimate of drug-likeness (QED) is 0.706. The summed E-state index contributed by atoms with van der Waals surface area (Å²) in [6.45, 7) is 7.15. The van der Waals surface area contributed by atoms with Crippen molar-refractivity contribution in [1.82, 2.24) is 0 Å². The van der Waals surface area contributed by atoms with E-state index in [1.165, 1.54) is 30.5 Å². The number of fused-ring (bicyclic) bond motifs is 2. The lowest BCUT2D eigenvalue weighted by Gasteiger charge is -2.49. The summed E-state index contributed by atoms with van der Waals surface area (Å²) < 4.78 is 0. The normalized spacial score (nSPS) is 33.2. The highest BCUT2D eigenvalue weighted by Crippen LogP contribution is 2.49. The Kier molecular flexibility index (Phi) is 2.85. The second-order valence-corrected chi connectivity index (χ2v) is 7.12. The maximum atomic E-state index is 6.17. The lowest BCUT2D eigenvalue weighted by atomic mass is 9.61. The monoisotopic (exact) mass is 263 g/mol. The second-order valence-electron chi connectivity index (χ2n) is 6.69. The van der Waals surface area contributed by atoms with Crippen LogP contribution >= 0.6 is 11.6 Å². The van der Waals surface area contributed by atoms with Crippen LogP contribution in [0.25, 0.3) is 0 Å². The molecular weight excluding hydrogens is 242 g/mol. The minimum absolute atomic E-state index is 0.232. The molecule has 1 unspecified atom stereocenters. The van der Waals surface area contributed by atoms with Gasteiger partial charge in [0, 0.05) is 16.8 Å². The summed E-state index contributed by atoms with van der Waals surface area (Å²) in [6.07, 6.45) is 4.00. The van der Waals surface area contributed by atoms with Gasteiger partial charge < -0.3 is 5.32 Å². The second kappa shape index (κ2) is 4.16. The summed E-state index contributed by atoms with van der Waals surface area (Å²) in [7, 11) is 0. The van der Waals surface area contributed by atoms with E-state index < -0.39 is 0 Å². The molecule has 0 spiro atoms. The molecule has 3 rings (SSSR count). The third-order valence-electron chi connectivity index (χ3n) is 5.06. The van der Waals surface area contributed by atoms with Gasteiger partial charge in [0.15, 0.2) is 0 Å². The van der Waals surface area contributed by atoms with Gasteiger partial charge >= 0.3 is 0 Å². The van der Waals surface area contributed by atoms with Crippen LogP contribution in [0.4, 0.5) is 5.69 Å².